The molecule has 2 fully saturated rings. The van der Waals surface area contributed by atoms with Gasteiger partial charge in [0.05, 0.1) is 26.4 Å². The van der Waals surface area contributed by atoms with Gasteiger partial charge in [-0.3, -0.25) is 9.59 Å². The molecule has 0 radical (unpaired) electrons. The van der Waals surface area contributed by atoms with Crippen LogP contribution in [0.5, 0.6) is 11.5 Å². The van der Waals surface area contributed by atoms with E-state index in [1.54, 1.807) is 0 Å². The number of methoxy groups -OCH3 is 1. The van der Waals surface area contributed by atoms with Crippen LogP contribution in [0.2, 0.25) is 0 Å². The Labute approximate surface area is 218 Å². The van der Waals surface area contributed by atoms with E-state index in [0.717, 1.165) is 6.42 Å². The molecule has 37 heavy (non-hydrogen) atoms. The third kappa shape index (κ3) is 8.13. The summed E-state index contributed by atoms with van der Waals surface area (Å²) in [5.41, 5.74) is -0.187. The predicted molar refractivity (Wildman–Crippen MR) is 134 cm³/mol. The van der Waals surface area contributed by atoms with Crippen LogP contribution in [0.4, 0.5) is 0 Å². The molecule has 4 atom stereocenters. The molecule has 2 aliphatic rings. The number of esters is 2. The van der Waals surface area contributed by atoms with E-state index in [2.05, 4.69) is 24.1 Å². The molecule has 10 heteroatoms. The van der Waals surface area contributed by atoms with Crippen molar-refractivity contribution in [2.75, 3.05) is 26.9 Å². The van der Waals surface area contributed by atoms with Crippen molar-refractivity contribution >= 4 is 17.8 Å². The molecular weight excluding hydrogens is 480 g/mol. The van der Waals surface area contributed by atoms with Crippen LogP contribution >= 0.6 is 0 Å². The standard InChI is InChI=1S/C27H40N2O8/c1-16(2)13-35-24-17(3)36-27(32)21(15-34-14-20(24)12-19-8-6-7-9-19)29-26(31)23-25(37-18(4)30)22(33-5)10-11-28-23/h10-11,16-17,19-21,24H,6-9,12-15H2,1-5H3,(H,29,31)/t17-,20-,21-,24-/m0/s1. The summed E-state index contributed by atoms with van der Waals surface area (Å²) in [5, 5.41) is 2.63. The minimum Gasteiger partial charge on any atom is -0.493 e. The molecule has 10 nitrogen and oxygen atoms in total. The van der Waals surface area contributed by atoms with E-state index < -0.39 is 30.0 Å². The van der Waals surface area contributed by atoms with Gasteiger partial charge in [-0.25, -0.2) is 9.78 Å². The summed E-state index contributed by atoms with van der Waals surface area (Å²) < 4.78 is 28.5. The number of carbonyl (C=O) groups excluding carboxylic acids is 3. The van der Waals surface area contributed by atoms with Crippen molar-refractivity contribution in [3.05, 3.63) is 18.0 Å². The number of hydrogen-bond acceptors (Lipinski definition) is 9. The summed E-state index contributed by atoms with van der Waals surface area (Å²) in [5.74, 6) is -0.944. The van der Waals surface area contributed by atoms with Crippen molar-refractivity contribution in [2.24, 2.45) is 17.8 Å². The molecule has 206 valence electrons. The molecule has 1 saturated carbocycles. The maximum absolute atomic E-state index is 13.1. The van der Waals surface area contributed by atoms with Gasteiger partial charge in [-0.1, -0.05) is 39.5 Å². The Morgan fingerprint density at radius 3 is 2.59 bits per heavy atom. The molecule has 1 aromatic rings. The number of pyridine rings is 1. The molecule has 0 aromatic carbocycles. The Morgan fingerprint density at radius 1 is 1.22 bits per heavy atom. The number of carbonyl (C=O) groups is 3. The molecule has 0 spiro atoms. The number of rotatable bonds is 9. The summed E-state index contributed by atoms with van der Waals surface area (Å²) in [6, 6.07) is 0.389. The van der Waals surface area contributed by atoms with E-state index >= 15 is 0 Å². The van der Waals surface area contributed by atoms with Crippen LogP contribution in [0, 0.1) is 17.8 Å². The highest BCUT2D eigenvalue weighted by atomic mass is 16.6. The minimum atomic E-state index is -1.08. The fourth-order valence-corrected chi connectivity index (χ4v) is 4.99. The van der Waals surface area contributed by atoms with E-state index in [4.69, 9.17) is 23.7 Å². The third-order valence-electron chi connectivity index (χ3n) is 6.72. The second-order valence-electron chi connectivity index (χ2n) is 10.3. The predicted octanol–water partition coefficient (Wildman–Crippen LogP) is 3.31. The Morgan fingerprint density at radius 2 is 1.95 bits per heavy atom. The summed E-state index contributed by atoms with van der Waals surface area (Å²) in [7, 11) is 1.38. The zero-order chi connectivity index (χ0) is 26.9. The van der Waals surface area contributed by atoms with Crippen molar-refractivity contribution in [1.29, 1.82) is 0 Å². The lowest BCUT2D eigenvalue weighted by molar-refractivity contribution is -0.161. The van der Waals surface area contributed by atoms with Gasteiger partial charge >= 0.3 is 11.9 Å². The maximum Gasteiger partial charge on any atom is 0.331 e. The highest BCUT2D eigenvalue weighted by molar-refractivity contribution is 5.98. The summed E-state index contributed by atoms with van der Waals surface area (Å²) in [4.78, 5) is 41.9. The number of hydrogen-bond donors (Lipinski definition) is 1. The highest BCUT2D eigenvalue weighted by Gasteiger charge is 2.37. The van der Waals surface area contributed by atoms with Crippen LogP contribution in [-0.4, -0.2) is 68.0 Å². The van der Waals surface area contributed by atoms with Crippen molar-refractivity contribution < 1.29 is 38.1 Å². The van der Waals surface area contributed by atoms with Crippen LogP contribution in [-0.2, 0) is 23.8 Å². The van der Waals surface area contributed by atoms with Gasteiger partial charge in [0.25, 0.3) is 5.91 Å². The number of nitrogens with one attached hydrogen (secondary N) is 1. The van der Waals surface area contributed by atoms with Crippen molar-refractivity contribution in [3.63, 3.8) is 0 Å². The third-order valence-corrected chi connectivity index (χ3v) is 6.72. The van der Waals surface area contributed by atoms with Crippen LogP contribution in [0.15, 0.2) is 12.3 Å². The molecule has 1 amide bonds. The fraction of sp³-hybridized carbons (Fsp3) is 0.704. The summed E-state index contributed by atoms with van der Waals surface area (Å²) >= 11 is 0. The molecule has 3 rings (SSSR count). The normalized spacial score (nSPS) is 25.1. The van der Waals surface area contributed by atoms with Crippen LogP contribution in [0.1, 0.15) is 70.3 Å². The quantitative estimate of drug-likeness (QED) is 0.489. The van der Waals surface area contributed by atoms with Crippen molar-refractivity contribution in [1.82, 2.24) is 10.3 Å². The van der Waals surface area contributed by atoms with Crippen LogP contribution in [0.3, 0.4) is 0 Å². The Hall–Kier alpha value is -2.72. The van der Waals surface area contributed by atoms with E-state index in [0.29, 0.717) is 25.0 Å². The van der Waals surface area contributed by atoms with Gasteiger partial charge in [0, 0.05) is 31.7 Å². The monoisotopic (exact) mass is 520 g/mol. The van der Waals surface area contributed by atoms with Gasteiger partial charge < -0.3 is 29.0 Å². The molecular formula is C27H40N2O8. The average Bonchev–Trinajstić information content (AvgIpc) is 3.36. The Bertz CT molecular complexity index is 931. The SMILES string of the molecule is COc1ccnc(C(=O)N[C@H]2COC[C@H](CC3CCCC3)[C@@H](OCC(C)C)[C@H](C)OC2=O)c1OC(C)=O. The van der Waals surface area contributed by atoms with Crippen LogP contribution < -0.4 is 14.8 Å². The number of nitrogens with zero attached hydrogens (tertiary/aromatic N) is 1. The van der Waals surface area contributed by atoms with Gasteiger partial charge in [0.15, 0.2) is 17.5 Å². The Kier molecular flexibility index (Phi) is 10.7. The lowest BCUT2D eigenvalue weighted by Gasteiger charge is -2.32. The molecule has 2 heterocycles. The molecule has 1 aromatic heterocycles. The second-order valence-corrected chi connectivity index (χ2v) is 10.3. The first-order chi connectivity index (χ1) is 17.7. The lowest BCUT2D eigenvalue weighted by atomic mass is 9.87. The molecule has 1 aliphatic heterocycles. The van der Waals surface area contributed by atoms with Crippen molar-refractivity contribution in [2.45, 2.75) is 78.0 Å². The van der Waals surface area contributed by atoms with Gasteiger partial charge in [-0.05, 0) is 25.2 Å². The summed E-state index contributed by atoms with van der Waals surface area (Å²) in [6.07, 6.45) is 6.33. The maximum atomic E-state index is 13.1. The smallest absolute Gasteiger partial charge is 0.331 e. The molecule has 0 bridgehead atoms. The average molecular weight is 521 g/mol. The van der Waals surface area contributed by atoms with Crippen molar-refractivity contribution in [3.8, 4) is 11.5 Å². The molecule has 1 aliphatic carbocycles. The summed E-state index contributed by atoms with van der Waals surface area (Å²) in [6.45, 7) is 8.07. The van der Waals surface area contributed by atoms with Gasteiger partial charge in [0.2, 0.25) is 5.75 Å². The minimum absolute atomic E-state index is 0.0646. The number of ether oxygens (including phenoxy) is 5. The zero-order valence-electron chi connectivity index (χ0n) is 22.5. The molecule has 0 unspecified atom stereocenters. The van der Waals surface area contributed by atoms with Gasteiger partial charge in [-0.15, -0.1) is 0 Å². The van der Waals surface area contributed by atoms with Crippen LogP contribution in [0.25, 0.3) is 0 Å². The zero-order valence-corrected chi connectivity index (χ0v) is 22.5. The van der Waals surface area contributed by atoms with E-state index in [-0.39, 0.29) is 35.8 Å². The first-order valence-electron chi connectivity index (χ1n) is 13.1. The number of cyclic esters (lactones) is 1. The van der Waals surface area contributed by atoms with E-state index in [1.807, 2.05) is 6.92 Å². The Balaban J connectivity index is 1.77. The fourth-order valence-electron chi connectivity index (χ4n) is 4.99. The topological polar surface area (TPSA) is 122 Å². The second kappa shape index (κ2) is 13.7. The van der Waals surface area contributed by atoms with E-state index in [1.165, 1.54) is 52.0 Å². The first kappa shape index (κ1) is 28.8. The molecule has 1 saturated heterocycles. The number of aromatic nitrogens is 1. The van der Waals surface area contributed by atoms with E-state index in [9.17, 15) is 14.4 Å². The first-order valence-corrected chi connectivity index (χ1v) is 13.1. The highest BCUT2D eigenvalue weighted by Crippen LogP contribution is 2.34. The molecule has 1 N–H and O–H groups in total. The largest absolute Gasteiger partial charge is 0.493 e. The number of amides is 1. The lowest BCUT2D eigenvalue weighted by Crippen LogP contribution is -2.46. The van der Waals surface area contributed by atoms with Gasteiger partial charge in [-0.2, -0.15) is 0 Å². The van der Waals surface area contributed by atoms with Gasteiger partial charge in [0.1, 0.15) is 6.10 Å².